The second-order valence-electron chi connectivity index (χ2n) is 8.71. The average Bonchev–Trinajstić information content (AvgIpc) is 3.28. The molecule has 1 aromatic heterocycles. The molecule has 1 aromatic carbocycles. The largest absolute Gasteiger partial charge is 0.386 e. The zero-order chi connectivity index (χ0) is 20.7. The molecular weight excluding hydrogens is 380 g/mol. The van der Waals surface area contributed by atoms with Gasteiger partial charge in [0.05, 0.1) is 12.1 Å². The molecule has 0 unspecified atom stereocenters. The van der Waals surface area contributed by atoms with Crippen LogP contribution in [0.25, 0.3) is 0 Å². The number of benzene rings is 1. The average molecular weight is 409 g/mol. The molecule has 30 heavy (non-hydrogen) atoms. The van der Waals surface area contributed by atoms with Crippen molar-refractivity contribution in [3.63, 3.8) is 0 Å². The summed E-state index contributed by atoms with van der Waals surface area (Å²) in [5, 5.41) is 9.27. The van der Waals surface area contributed by atoms with E-state index >= 15 is 0 Å². The number of nitrogens with zero attached hydrogens (tertiary/aromatic N) is 3. The topological polar surface area (TPSA) is 70.8 Å². The molecule has 2 saturated heterocycles. The van der Waals surface area contributed by atoms with Gasteiger partial charge in [-0.05, 0) is 38.2 Å². The Morgan fingerprint density at radius 2 is 2.10 bits per heavy atom. The van der Waals surface area contributed by atoms with Crippen molar-refractivity contribution < 1.29 is 14.2 Å². The van der Waals surface area contributed by atoms with Crippen LogP contribution in [0.2, 0.25) is 0 Å². The highest BCUT2D eigenvalue weighted by Crippen LogP contribution is 2.41. The van der Waals surface area contributed by atoms with Gasteiger partial charge in [-0.25, -0.2) is 4.79 Å². The molecule has 158 valence electrons. The van der Waals surface area contributed by atoms with Crippen LogP contribution in [-0.4, -0.2) is 39.8 Å². The Hall–Kier alpha value is -2.80. The Morgan fingerprint density at radius 1 is 1.30 bits per heavy atom. The highest BCUT2D eigenvalue weighted by Gasteiger charge is 2.47. The van der Waals surface area contributed by atoms with Gasteiger partial charge in [0.25, 0.3) is 0 Å². The first-order valence-corrected chi connectivity index (χ1v) is 10.7. The van der Waals surface area contributed by atoms with Crippen LogP contribution in [0.3, 0.4) is 0 Å². The van der Waals surface area contributed by atoms with Gasteiger partial charge in [-0.1, -0.05) is 42.1 Å². The molecule has 7 heteroatoms. The number of fused-ring (bicyclic) bond motifs is 2. The Labute approximate surface area is 176 Å². The van der Waals surface area contributed by atoms with Crippen LogP contribution in [0, 0.1) is 0 Å². The fourth-order valence-corrected chi connectivity index (χ4v) is 4.79. The van der Waals surface area contributed by atoms with E-state index in [0.717, 1.165) is 48.4 Å². The molecule has 3 aliphatic rings. The van der Waals surface area contributed by atoms with Crippen LogP contribution in [0.5, 0.6) is 0 Å². The Bertz CT molecular complexity index is 922. The standard InChI is InChI=1S/C23H28N4O3/c1-15(2)24-18-10-17(11-18)22-12-20(25-30-22)21-9-8-19-13-26(21)23(28)27(19)29-14-16-6-4-3-5-7-16/h3-7,12,17-19,21,24H,1,8-11,13-14H2,2H3/t17-,18+,19-,21+/m1/s1. The van der Waals surface area contributed by atoms with Gasteiger partial charge in [-0.15, -0.1) is 0 Å². The number of hydrogen-bond acceptors (Lipinski definition) is 5. The lowest BCUT2D eigenvalue weighted by molar-refractivity contribution is -0.140. The number of allylic oxidation sites excluding steroid dienone is 1. The van der Waals surface area contributed by atoms with Crippen molar-refractivity contribution in [2.45, 2.75) is 63.3 Å². The van der Waals surface area contributed by atoms with E-state index < -0.39 is 0 Å². The molecule has 2 atom stereocenters. The minimum absolute atomic E-state index is 0.0407. The lowest BCUT2D eigenvalue weighted by Gasteiger charge is -2.34. The van der Waals surface area contributed by atoms with Crippen molar-refractivity contribution in [3.05, 3.63) is 65.7 Å². The summed E-state index contributed by atoms with van der Waals surface area (Å²) in [4.78, 5) is 20.8. The molecule has 0 spiro atoms. The number of hydroxylamine groups is 2. The van der Waals surface area contributed by atoms with Crippen molar-refractivity contribution in [1.29, 1.82) is 0 Å². The summed E-state index contributed by atoms with van der Waals surface area (Å²) in [6, 6.07) is 12.4. The Kier molecular flexibility index (Phi) is 4.98. The predicted molar refractivity (Wildman–Crippen MR) is 111 cm³/mol. The molecule has 2 amide bonds. The molecule has 3 heterocycles. The molecule has 5 rings (SSSR count). The van der Waals surface area contributed by atoms with Gasteiger partial charge in [0.15, 0.2) is 0 Å². The van der Waals surface area contributed by atoms with Gasteiger partial charge in [0, 0.05) is 30.3 Å². The molecule has 1 N–H and O–H groups in total. The number of carbonyl (C=O) groups excluding carboxylic acids is 1. The van der Waals surface area contributed by atoms with Crippen molar-refractivity contribution in [2.24, 2.45) is 0 Å². The van der Waals surface area contributed by atoms with Crippen LogP contribution in [0.15, 0.2) is 53.2 Å². The maximum absolute atomic E-state index is 13.0. The molecular formula is C23H28N4O3. The van der Waals surface area contributed by atoms with E-state index in [2.05, 4.69) is 17.1 Å². The number of hydrogen-bond donors (Lipinski definition) is 1. The first kappa shape index (κ1) is 19.2. The second kappa shape index (κ2) is 7.80. The fourth-order valence-electron chi connectivity index (χ4n) is 4.79. The van der Waals surface area contributed by atoms with E-state index in [1.165, 1.54) is 0 Å². The zero-order valence-electron chi connectivity index (χ0n) is 17.3. The molecule has 1 aliphatic carbocycles. The molecule has 7 nitrogen and oxygen atoms in total. The monoisotopic (exact) mass is 408 g/mol. The van der Waals surface area contributed by atoms with Gasteiger partial charge in [0.2, 0.25) is 0 Å². The molecule has 1 saturated carbocycles. The zero-order valence-corrected chi connectivity index (χ0v) is 17.3. The lowest BCUT2D eigenvalue weighted by Crippen LogP contribution is -2.38. The summed E-state index contributed by atoms with van der Waals surface area (Å²) in [6.45, 7) is 6.96. The van der Waals surface area contributed by atoms with E-state index in [-0.39, 0.29) is 18.1 Å². The second-order valence-corrected chi connectivity index (χ2v) is 8.71. The molecule has 2 bridgehead atoms. The number of urea groups is 1. The first-order valence-electron chi connectivity index (χ1n) is 10.7. The predicted octanol–water partition coefficient (Wildman–Crippen LogP) is 4.12. The van der Waals surface area contributed by atoms with Crippen molar-refractivity contribution >= 4 is 6.03 Å². The third-order valence-corrected chi connectivity index (χ3v) is 6.41. The summed E-state index contributed by atoms with van der Waals surface area (Å²) >= 11 is 0. The third-order valence-electron chi connectivity index (χ3n) is 6.41. The summed E-state index contributed by atoms with van der Waals surface area (Å²) in [6.07, 6.45) is 3.83. The van der Waals surface area contributed by atoms with E-state index in [4.69, 9.17) is 9.36 Å². The van der Waals surface area contributed by atoms with Crippen LogP contribution >= 0.6 is 0 Å². The summed E-state index contributed by atoms with van der Waals surface area (Å²) in [7, 11) is 0. The third kappa shape index (κ3) is 3.58. The minimum Gasteiger partial charge on any atom is -0.386 e. The van der Waals surface area contributed by atoms with E-state index in [9.17, 15) is 4.79 Å². The number of rotatable bonds is 7. The number of aromatic nitrogens is 1. The van der Waals surface area contributed by atoms with Crippen LogP contribution < -0.4 is 5.32 Å². The normalized spacial score (nSPS) is 27.8. The minimum atomic E-state index is -0.0719. The summed E-state index contributed by atoms with van der Waals surface area (Å²) in [5.41, 5.74) is 2.91. The van der Waals surface area contributed by atoms with Crippen LogP contribution in [0.4, 0.5) is 4.79 Å². The molecule has 2 aromatic rings. The number of amides is 2. The Balaban J connectivity index is 1.21. The van der Waals surface area contributed by atoms with Gasteiger partial charge in [-0.2, -0.15) is 5.06 Å². The summed E-state index contributed by atoms with van der Waals surface area (Å²) in [5.74, 6) is 1.31. The van der Waals surface area contributed by atoms with Crippen LogP contribution in [0.1, 0.15) is 61.6 Å². The van der Waals surface area contributed by atoms with Gasteiger partial charge in [-0.3, -0.25) is 4.84 Å². The number of carbonyl (C=O) groups is 1. The van der Waals surface area contributed by atoms with Crippen molar-refractivity contribution in [3.8, 4) is 0 Å². The van der Waals surface area contributed by atoms with Crippen LogP contribution in [-0.2, 0) is 11.4 Å². The van der Waals surface area contributed by atoms with E-state index in [0.29, 0.717) is 25.1 Å². The SMILES string of the molecule is C=C(C)N[C@H]1C[C@@H](c2cc([C@@H]3CC[C@@H]4CN3C(=O)N4OCc3ccccc3)no2)C1. The maximum Gasteiger partial charge on any atom is 0.344 e. The Morgan fingerprint density at radius 3 is 2.87 bits per heavy atom. The smallest absolute Gasteiger partial charge is 0.344 e. The van der Waals surface area contributed by atoms with Crippen molar-refractivity contribution in [1.82, 2.24) is 20.4 Å². The first-order chi connectivity index (χ1) is 14.6. The van der Waals surface area contributed by atoms with Gasteiger partial charge >= 0.3 is 6.03 Å². The highest BCUT2D eigenvalue weighted by atomic mass is 16.7. The quantitative estimate of drug-likeness (QED) is 0.746. The van der Waals surface area contributed by atoms with Gasteiger partial charge < -0.3 is 14.7 Å². The lowest BCUT2D eigenvalue weighted by atomic mass is 9.78. The highest BCUT2D eigenvalue weighted by molar-refractivity contribution is 5.77. The molecule has 0 radical (unpaired) electrons. The maximum atomic E-state index is 13.0. The fraction of sp³-hybridized carbons (Fsp3) is 0.478. The van der Waals surface area contributed by atoms with E-state index in [1.807, 2.05) is 48.2 Å². The number of nitrogens with one attached hydrogen (secondary N) is 1. The van der Waals surface area contributed by atoms with E-state index in [1.54, 1.807) is 5.06 Å². The van der Waals surface area contributed by atoms with Crippen molar-refractivity contribution in [2.75, 3.05) is 6.54 Å². The molecule has 3 fully saturated rings. The summed E-state index contributed by atoms with van der Waals surface area (Å²) < 4.78 is 5.67. The molecule has 2 aliphatic heterocycles. The van der Waals surface area contributed by atoms with Gasteiger partial charge in [0.1, 0.15) is 18.1 Å². The number of piperidine rings is 1.